The lowest BCUT2D eigenvalue weighted by atomic mass is 10.1. The van der Waals surface area contributed by atoms with Gasteiger partial charge in [0, 0.05) is 12.5 Å². The fourth-order valence-corrected chi connectivity index (χ4v) is 1.83. The Labute approximate surface area is 109 Å². The third-order valence-corrected chi connectivity index (χ3v) is 2.82. The van der Waals surface area contributed by atoms with Crippen LogP contribution in [0.25, 0.3) is 0 Å². The summed E-state index contributed by atoms with van der Waals surface area (Å²) in [5.41, 5.74) is 2.21. The summed E-state index contributed by atoms with van der Waals surface area (Å²) in [4.78, 5) is 18.2. The Morgan fingerprint density at radius 1 is 1.63 bits per heavy atom. The smallest absolute Gasteiger partial charge is 0.352 e. The highest BCUT2D eigenvalue weighted by Crippen LogP contribution is 2.29. The summed E-state index contributed by atoms with van der Waals surface area (Å²) in [5.74, 6) is 5.45. The average molecular weight is 269 g/mol. The van der Waals surface area contributed by atoms with Crippen LogP contribution in [0.4, 0.5) is 11.6 Å². The first-order chi connectivity index (χ1) is 9.11. The molecule has 9 heteroatoms. The highest BCUT2D eigenvalue weighted by atomic mass is 16.6. The number of rotatable bonds is 5. The SMILES string of the molecule is Cc1nc(NN)nc(OCC2CCOC2)c1[N+](=O)[O-]. The van der Waals surface area contributed by atoms with Crippen LogP contribution in [0.2, 0.25) is 0 Å². The molecule has 1 aromatic heterocycles. The Balaban J connectivity index is 2.20. The predicted molar refractivity (Wildman–Crippen MR) is 65.7 cm³/mol. The van der Waals surface area contributed by atoms with Gasteiger partial charge in [-0.3, -0.25) is 15.5 Å². The van der Waals surface area contributed by atoms with Crippen molar-refractivity contribution < 1.29 is 14.4 Å². The van der Waals surface area contributed by atoms with Crippen molar-refractivity contribution in [1.82, 2.24) is 9.97 Å². The van der Waals surface area contributed by atoms with Crippen LogP contribution in [0.5, 0.6) is 5.88 Å². The van der Waals surface area contributed by atoms with E-state index < -0.39 is 4.92 Å². The van der Waals surface area contributed by atoms with Gasteiger partial charge in [0.25, 0.3) is 5.88 Å². The van der Waals surface area contributed by atoms with Crippen LogP contribution in [0.1, 0.15) is 12.1 Å². The first-order valence-electron chi connectivity index (χ1n) is 5.82. The number of ether oxygens (including phenoxy) is 2. The Hall–Kier alpha value is -2.00. The van der Waals surface area contributed by atoms with Crippen LogP contribution >= 0.6 is 0 Å². The van der Waals surface area contributed by atoms with Crippen LogP contribution in [0, 0.1) is 23.0 Å². The molecule has 0 saturated carbocycles. The van der Waals surface area contributed by atoms with E-state index in [9.17, 15) is 10.1 Å². The molecule has 3 N–H and O–H groups in total. The van der Waals surface area contributed by atoms with Crippen LogP contribution in [0.3, 0.4) is 0 Å². The van der Waals surface area contributed by atoms with Gasteiger partial charge in [0.05, 0.1) is 18.1 Å². The minimum Gasteiger partial charge on any atom is -0.472 e. The maximum Gasteiger partial charge on any atom is 0.352 e. The predicted octanol–water partition coefficient (Wildman–Crippen LogP) is 0.394. The molecule has 19 heavy (non-hydrogen) atoms. The molecular weight excluding hydrogens is 254 g/mol. The molecule has 1 aliphatic rings. The highest BCUT2D eigenvalue weighted by Gasteiger charge is 2.25. The number of aromatic nitrogens is 2. The summed E-state index contributed by atoms with van der Waals surface area (Å²) in [6.07, 6.45) is 0.875. The summed E-state index contributed by atoms with van der Waals surface area (Å²) >= 11 is 0. The van der Waals surface area contributed by atoms with E-state index in [2.05, 4.69) is 15.4 Å². The summed E-state index contributed by atoms with van der Waals surface area (Å²) < 4.78 is 10.7. The molecule has 1 fully saturated rings. The van der Waals surface area contributed by atoms with E-state index in [4.69, 9.17) is 15.3 Å². The number of nitro groups is 1. The van der Waals surface area contributed by atoms with Gasteiger partial charge in [0.2, 0.25) is 5.95 Å². The lowest BCUT2D eigenvalue weighted by molar-refractivity contribution is -0.387. The molecule has 1 aromatic rings. The summed E-state index contributed by atoms with van der Waals surface area (Å²) in [7, 11) is 0. The maximum absolute atomic E-state index is 11.0. The molecule has 0 radical (unpaired) electrons. The van der Waals surface area contributed by atoms with Gasteiger partial charge >= 0.3 is 5.69 Å². The number of hydrazine groups is 1. The quantitative estimate of drug-likeness (QED) is 0.446. The molecule has 1 aliphatic heterocycles. The summed E-state index contributed by atoms with van der Waals surface area (Å²) in [6, 6.07) is 0. The van der Waals surface area contributed by atoms with Gasteiger partial charge in [-0.05, 0) is 13.3 Å². The normalized spacial score (nSPS) is 18.3. The fraction of sp³-hybridized carbons (Fsp3) is 0.600. The molecule has 1 saturated heterocycles. The zero-order chi connectivity index (χ0) is 13.8. The van der Waals surface area contributed by atoms with E-state index in [0.717, 1.165) is 6.42 Å². The number of nitrogens with one attached hydrogen (secondary N) is 1. The van der Waals surface area contributed by atoms with Crippen molar-refractivity contribution in [3.63, 3.8) is 0 Å². The second-order valence-electron chi connectivity index (χ2n) is 4.23. The minimum atomic E-state index is -0.559. The van der Waals surface area contributed by atoms with Crippen molar-refractivity contribution in [1.29, 1.82) is 0 Å². The molecule has 0 aromatic carbocycles. The van der Waals surface area contributed by atoms with Crippen molar-refractivity contribution in [3.8, 4) is 5.88 Å². The molecule has 9 nitrogen and oxygen atoms in total. The number of nitrogens with zero attached hydrogens (tertiary/aromatic N) is 3. The third kappa shape index (κ3) is 3.06. The first kappa shape index (κ1) is 13.4. The monoisotopic (exact) mass is 269 g/mol. The molecular formula is C10H15N5O4. The highest BCUT2D eigenvalue weighted by molar-refractivity contribution is 5.48. The second kappa shape index (κ2) is 5.76. The number of anilines is 1. The van der Waals surface area contributed by atoms with Gasteiger partial charge in [0.15, 0.2) is 0 Å². The van der Waals surface area contributed by atoms with Gasteiger partial charge in [-0.25, -0.2) is 10.8 Å². The largest absolute Gasteiger partial charge is 0.472 e. The number of hydrogen-bond donors (Lipinski definition) is 2. The number of aryl methyl sites for hydroxylation is 1. The Kier molecular flexibility index (Phi) is 4.07. The standard InChI is InChI=1S/C10H15N5O4/c1-6-8(15(16)17)9(13-10(12-6)14-11)19-5-7-2-3-18-4-7/h7H,2-5,11H2,1H3,(H,12,13,14). The average Bonchev–Trinajstić information content (AvgIpc) is 2.88. The maximum atomic E-state index is 11.0. The Morgan fingerprint density at radius 2 is 2.42 bits per heavy atom. The first-order valence-corrected chi connectivity index (χ1v) is 5.82. The van der Waals surface area contributed by atoms with Crippen LogP contribution in [-0.2, 0) is 4.74 Å². The van der Waals surface area contributed by atoms with Crippen molar-refractivity contribution >= 4 is 11.6 Å². The summed E-state index contributed by atoms with van der Waals surface area (Å²) in [5, 5.41) is 11.0. The Morgan fingerprint density at radius 3 is 3.00 bits per heavy atom. The molecule has 104 valence electrons. The number of hydrogen-bond acceptors (Lipinski definition) is 8. The van der Waals surface area contributed by atoms with Crippen molar-refractivity contribution in [2.24, 2.45) is 11.8 Å². The molecule has 1 atom stereocenters. The zero-order valence-corrected chi connectivity index (χ0v) is 10.5. The second-order valence-corrected chi connectivity index (χ2v) is 4.23. The number of nitrogens with two attached hydrogens (primary N) is 1. The molecule has 0 bridgehead atoms. The van der Waals surface area contributed by atoms with Crippen LogP contribution in [-0.4, -0.2) is 34.7 Å². The molecule has 2 heterocycles. The molecule has 0 aliphatic carbocycles. The number of nitrogen functional groups attached to an aromatic ring is 1. The lowest BCUT2D eigenvalue weighted by Crippen LogP contribution is -2.16. The van der Waals surface area contributed by atoms with Gasteiger partial charge in [-0.1, -0.05) is 0 Å². The molecule has 1 unspecified atom stereocenters. The van der Waals surface area contributed by atoms with Crippen LogP contribution in [0.15, 0.2) is 0 Å². The molecule has 0 amide bonds. The van der Waals surface area contributed by atoms with E-state index in [1.807, 2.05) is 0 Å². The van der Waals surface area contributed by atoms with Crippen molar-refractivity contribution in [2.45, 2.75) is 13.3 Å². The van der Waals surface area contributed by atoms with Crippen molar-refractivity contribution in [2.75, 3.05) is 25.2 Å². The van der Waals surface area contributed by atoms with Gasteiger partial charge < -0.3 is 9.47 Å². The van der Waals surface area contributed by atoms with Crippen LogP contribution < -0.4 is 16.0 Å². The third-order valence-electron chi connectivity index (χ3n) is 2.82. The van der Waals surface area contributed by atoms with Gasteiger partial charge in [-0.15, -0.1) is 0 Å². The van der Waals surface area contributed by atoms with E-state index in [1.54, 1.807) is 0 Å². The Bertz CT molecular complexity index is 475. The summed E-state index contributed by atoms with van der Waals surface area (Å²) in [6.45, 7) is 3.11. The van der Waals surface area contributed by atoms with Gasteiger partial charge in [0.1, 0.15) is 5.69 Å². The minimum absolute atomic E-state index is 0.0719. The van der Waals surface area contributed by atoms with E-state index >= 15 is 0 Å². The molecule has 0 spiro atoms. The molecule has 2 rings (SSSR count). The lowest BCUT2D eigenvalue weighted by Gasteiger charge is -2.11. The van der Waals surface area contributed by atoms with E-state index in [0.29, 0.717) is 19.8 Å². The topological polar surface area (TPSA) is 125 Å². The van der Waals surface area contributed by atoms with E-state index in [1.165, 1.54) is 6.92 Å². The fourth-order valence-electron chi connectivity index (χ4n) is 1.83. The van der Waals surface area contributed by atoms with Gasteiger partial charge in [-0.2, -0.15) is 4.98 Å². The van der Waals surface area contributed by atoms with Crippen molar-refractivity contribution in [3.05, 3.63) is 15.8 Å². The zero-order valence-electron chi connectivity index (χ0n) is 10.5. The van der Waals surface area contributed by atoms with E-state index in [-0.39, 0.29) is 29.1 Å².